The Morgan fingerprint density at radius 1 is 0.934 bits per heavy atom. The van der Waals surface area contributed by atoms with E-state index in [1.54, 1.807) is 7.11 Å². The number of piperidine rings is 2. The van der Waals surface area contributed by atoms with Gasteiger partial charge < -0.3 is 35.8 Å². The third-order valence-electron chi connectivity index (χ3n) is 17.8. The van der Waals surface area contributed by atoms with Gasteiger partial charge in [-0.25, -0.2) is 0 Å². The van der Waals surface area contributed by atoms with Gasteiger partial charge in [0.15, 0.2) is 5.78 Å². The predicted molar refractivity (Wildman–Crippen MR) is 236 cm³/mol. The van der Waals surface area contributed by atoms with Crippen molar-refractivity contribution >= 4 is 11.6 Å². The fourth-order valence-corrected chi connectivity index (χ4v) is 14.0. The van der Waals surface area contributed by atoms with Gasteiger partial charge >= 0.3 is 0 Å². The molecule has 0 amide bonds. The van der Waals surface area contributed by atoms with Crippen LogP contribution in [0.1, 0.15) is 154 Å². The average molecular weight is 852 g/mol. The number of aliphatic hydroxyl groups excluding tert-OH is 4. The lowest BCUT2D eigenvalue weighted by Gasteiger charge is -2.43. The molecular weight excluding hydrogens is 767 g/mol. The molecule has 0 radical (unpaired) electrons. The van der Waals surface area contributed by atoms with Crippen LogP contribution in [0.15, 0.2) is 12.2 Å². The van der Waals surface area contributed by atoms with Crippen molar-refractivity contribution in [3.05, 3.63) is 12.2 Å². The molecule has 7 aliphatic rings. The van der Waals surface area contributed by atoms with E-state index < -0.39 is 23.7 Å². The molecule has 61 heavy (non-hydrogen) atoms. The van der Waals surface area contributed by atoms with Crippen LogP contribution in [0.2, 0.25) is 0 Å². The van der Waals surface area contributed by atoms with E-state index in [0.717, 1.165) is 64.5 Å². The normalized spacial score (nSPS) is 40.5. The molecule has 2 heterocycles. The summed E-state index contributed by atoms with van der Waals surface area (Å²) in [6.07, 6.45) is 24.0. The summed E-state index contributed by atoms with van der Waals surface area (Å²) >= 11 is 0. The highest BCUT2D eigenvalue weighted by molar-refractivity contribution is 5.89. The minimum Gasteiger partial charge on any atom is -0.396 e. The molecule has 0 aromatic heterocycles. The van der Waals surface area contributed by atoms with Crippen molar-refractivity contribution in [2.45, 2.75) is 191 Å². The quantitative estimate of drug-likeness (QED) is 0.0947. The highest BCUT2D eigenvalue weighted by Crippen LogP contribution is 2.48. The van der Waals surface area contributed by atoms with Crippen LogP contribution < -0.4 is 16.4 Å². The molecule has 2 saturated heterocycles. The molecule has 6 fully saturated rings. The molecule has 2 aliphatic heterocycles. The Morgan fingerprint density at radius 2 is 1.75 bits per heavy atom. The third-order valence-corrected chi connectivity index (χ3v) is 17.8. The SMILES string of the molecule is COC1CC2CCC(=O)[C@]3(C#C[C@H](CC[C@H](O)C[C@H](C=CC4CCCCC4)C4CC[NH2+]C(N)C4)C2CC1O)CC[C@H](C[C@H](CCCO)[C@H]1C[NH2+][C@@H]2CC(=O)CC[C@H]2C1)C[C@H]3O. The summed E-state index contributed by atoms with van der Waals surface area (Å²) in [6, 6.07) is 0.421. The minimum atomic E-state index is -1.09. The van der Waals surface area contributed by atoms with E-state index in [-0.39, 0.29) is 48.3 Å². The molecule has 10 nitrogen and oxygen atoms in total. The maximum atomic E-state index is 14.5. The van der Waals surface area contributed by atoms with E-state index in [4.69, 9.17) is 10.5 Å². The molecule has 10 N–H and O–H groups in total. The zero-order valence-electron chi connectivity index (χ0n) is 37.7. The molecule has 16 atom stereocenters. The topological polar surface area (TPSA) is 184 Å². The number of ketones is 2. The second-order valence-electron chi connectivity index (χ2n) is 21.6. The molecule has 7 rings (SSSR count). The Labute approximate surface area is 367 Å². The highest BCUT2D eigenvalue weighted by Gasteiger charge is 2.50. The monoisotopic (exact) mass is 852 g/mol. The zero-order chi connectivity index (χ0) is 42.9. The smallest absolute Gasteiger partial charge is 0.153 e. The van der Waals surface area contributed by atoms with Crippen LogP contribution in [0.3, 0.4) is 0 Å². The summed E-state index contributed by atoms with van der Waals surface area (Å²) in [4.78, 5) is 26.6. The first-order valence-electron chi connectivity index (χ1n) is 25.4. The molecule has 1 spiro atoms. The Hall–Kier alpha value is -1.68. The number of rotatable bonds is 15. The van der Waals surface area contributed by atoms with Crippen molar-refractivity contribution < 1.29 is 45.4 Å². The molecule has 6 unspecified atom stereocenters. The van der Waals surface area contributed by atoms with Crippen LogP contribution in [0.4, 0.5) is 0 Å². The second kappa shape index (κ2) is 22.5. The number of carbonyl (C=O) groups is 2. The van der Waals surface area contributed by atoms with Gasteiger partial charge in [0.25, 0.3) is 0 Å². The summed E-state index contributed by atoms with van der Waals surface area (Å²) < 4.78 is 5.76. The number of ether oxygens (including phenoxy) is 1. The Morgan fingerprint density at radius 3 is 2.52 bits per heavy atom. The Balaban J connectivity index is 1.05. The highest BCUT2D eigenvalue weighted by atomic mass is 16.5. The molecule has 344 valence electrons. The fourth-order valence-electron chi connectivity index (χ4n) is 14.0. The van der Waals surface area contributed by atoms with Gasteiger partial charge in [-0.15, -0.1) is 0 Å². The summed E-state index contributed by atoms with van der Waals surface area (Å²) in [5.41, 5.74) is 5.36. The minimum absolute atomic E-state index is 0.0672. The van der Waals surface area contributed by atoms with Crippen molar-refractivity contribution in [3.8, 4) is 11.8 Å². The van der Waals surface area contributed by atoms with Crippen molar-refractivity contribution in [3.63, 3.8) is 0 Å². The van der Waals surface area contributed by atoms with Crippen molar-refractivity contribution in [2.75, 3.05) is 26.8 Å². The summed E-state index contributed by atoms with van der Waals surface area (Å²) in [5, 5.41) is 49.8. The lowest BCUT2D eigenvalue weighted by molar-refractivity contribution is -0.712. The summed E-state index contributed by atoms with van der Waals surface area (Å²) in [7, 11) is 1.66. The van der Waals surface area contributed by atoms with Gasteiger partial charge in [0.1, 0.15) is 17.4 Å². The van der Waals surface area contributed by atoms with Gasteiger partial charge in [-0.1, -0.05) is 43.3 Å². The van der Waals surface area contributed by atoms with Crippen LogP contribution in [-0.4, -0.2) is 95.4 Å². The van der Waals surface area contributed by atoms with Crippen LogP contribution >= 0.6 is 0 Å². The molecular formula is C51H85N3O7+2. The largest absolute Gasteiger partial charge is 0.396 e. The van der Waals surface area contributed by atoms with Crippen LogP contribution in [0.5, 0.6) is 0 Å². The predicted octanol–water partition coefficient (Wildman–Crippen LogP) is 4.16. The van der Waals surface area contributed by atoms with Gasteiger partial charge in [-0.05, 0) is 144 Å². The molecule has 4 saturated carbocycles. The van der Waals surface area contributed by atoms with Gasteiger partial charge in [0, 0.05) is 57.2 Å². The standard InChI is InChI=1S/C51H83N3O7/c1-61-47-28-39-13-16-48(59)51(20-17-34(25-49(51)60)24-36(8-5-23-55)41-26-40-12-15-43(57)30-45(40)54-32-41)21-18-35(44(39)31-46(47)58)11-14-42(56)27-37(38-19-22-53-50(52)29-38)10-9-33-6-3-2-4-7-33/h9-10,33-42,44-47,49-50,53-56,58,60H,2-8,11-17,19-20,22-32,52H2,1H3/p+2/t34-,35+,36+,37+,38?,39?,40+,41-,42+,44?,45-,46?,47?,49-,50?,51-/m1/s1. The lowest BCUT2D eigenvalue weighted by atomic mass is 9.62. The van der Waals surface area contributed by atoms with Crippen LogP contribution in [-0.2, 0) is 14.3 Å². The maximum absolute atomic E-state index is 14.5. The fraction of sp³-hybridized carbons (Fsp3) is 0.882. The number of Topliss-reactive ketones (excluding diaryl/α,β-unsaturated/α-hetero) is 2. The summed E-state index contributed by atoms with van der Waals surface area (Å²) in [6.45, 7) is 2.24. The van der Waals surface area contributed by atoms with Crippen LogP contribution in [0, 0.1) is 76.4 Å². The van der Waals surface area contributed by atoms with Crippen molar-refractivity contribution in [1.82, 2.24) is 0 Å². The maximum Gasteiger partial charge on any atom is 0.153 e. The molecule has 0 aromatic rings. The van der Waals surface area contributed by atoms with Gasteiger partial charge in [0.2, 0.25) is 0 Å². The first kappa shape index (κ1) is 47.3. The zero-order valence-corrected chi connectivity index (χ0v) is 37.7. The van der Waals surface area contributed by atoms with Crippen LogP contribution in [0.25, 0.3) is 0 Å². The molecule has 0 aromatic carbocycles. The average Bonchev–Trinajstić information content (AvgIpc) is 3.31. The number of quaternary nitrogens is 2. The first-order valence-corrected chi connectivity index (χ1v) is 25.4. The number of carbonyl (C=O) groups excluding carboxylic acids is 2. The first-order chi connectivity index (χ1) is 29.5. The molecule has 10 heteroatoms. The number of aliphatic hydroxyl groups is 4. The molecule has 5 aliphatic carbocycles. The Kier molecular flexibility index (Phi) is 17.4. The summed E-state index contributed by atoms with van der Waals surface area (Å²) in [5.74, 6) is 11.1. The van der Waals surface area contributed by atoms with E-state index in [2.05, 4.69) is 34.6 Å². The van der Waals surface area contributed by atoms with Crippen molar-refractivity contribution in [1.29, 1.82) is 0 Å². The number of allylic oxidation sites excluding steroid dienone is 2. The third kappa shape index (κ3) is 12.2. The van der Waals surface area contributed by atoms with Crippen molar-refractivity contribution in [2.24, 2.45) is 70.3 Å². The van der Waals surface area contributed by atoms with E-state index in [1.807, 2.05) is 0 Å². The number of fused-ring (bicyclic) bond motifs is 2. The van der Waals surface area contributed by atoms with Gasteiger partial charge in [-0.3, -0.25) is 15.3 Å². The number of methoxy groups -OCH3 is 1. The van der Waals surface area contributed by atoms with Gasteiger partial charge in [0.05, 0.1) is 50.0 Å². The van der Waals surface area contributed by atoms with E-state index >= 15 is 0 Å². The second-order valence-corrected chi connectivity index (χ2v) is 21.6. The van der Waals surface area contributed by atoms with E-state index in [1.165, 1.54) is 32.1 Å². The number of nitrogens with two attached hydrogens (primary N) is 3. The van der Waals surface area contributed by atoms with E-state index in [0.29, 0.717) is 118 Å². The number of hydrogen-bond donors (Lipinski definition) is 7. The Bertz CT molecular complexity index is 1510. The van der Waals surface area contributed by atoms with Gasteiger partial charge in [-0.2, -0.15) is 0 Å². The van der Waals surface area contributed by atoms with E-state index in [9.17, 15) is 30.0 Å². The lowest BCUT2D eigenvalue weighted by Crippen LogP contribution is -2.95. The number of hydrogen-bond acceptors (Lipinski definition) is 8. The molecule has 0 bridgehead atoms.